The second-order valence-corrected chi connectivity index (χ2v) is 15.7. The number of fused-ring (bicyclic) bond motifs is 18. The molecule has 6 aromatic heterocycles. The summed E-state index contributed by atoms with van der Waals surface area (Å²) in [7, 11) is 0. The van der Waals surface area contributed by atoms with Crippen LogP contribution in [0.5, 0.6) is 0 Å². The predicted octanol–water partition coefficient (Wildman–Crippen LogP) is 11.6. The highest BCUT2D eigenvalue weighted by Gasteiger charge is 2.21. The molecule has 0 aliphatic heterocycles. The molecular weight excluding hydrogens is 765 g/mol. The van der Waals surface area contributed by atoms with E-state index in [2.05, 4.69) is 197 Å². The summed E-state index contributed by atoms with van der Waals surface area (Å²) in [6.45, 7) is 0. The van der Waals surface area contributed by atoms with Crippen molar-refractivity contribution in [2.75, 3.05) is 0 Å². The fourth-order valence-electron chi connectivity index (χ4n) is 9.53. The average Bonchev–Trinajstić information content (AvgIpc) is 4.07. The Kier molecular flexibility index (Phi) is 6.61. The topological polar surface area (TPSA) is 79.1 Å². The van der Waals surface area contributed by atoms with E-state index in [0.29, 0.717) is 0 Å². The zero-order valence-corrected chi connectivity index (χ0v) is 32.9. The number of imidazole rings is 4. The summed E-state index contributed by atoms with van der Waals surface area (Å²) in [5, 5.41) is 0. The van der Waals surface area contributed by atoms with Crippen LogP contribution in [0.4, 0.5) is 0 Å². The maximum absolute atomic E-state index is 5.27. The SMILES string of the molecule is c1ccc2c(c1)nc1n(-c3ccc(-c4ccc(-n5c6nc7ccccc7n6c6ccccc6n6c7ccccc7nc56)cc4)cc3)c3nc4ccccc4n3c3ccccc3n21. The number of hydrogen-bond acceptors (Lipinski definition) is 4. The van der Waals surface area contributed by atoms with Crippen LogP contribution in [0.1, 0.15) is 0 Å². The molecule has 0 bridgehead atoms. The summed E-state index contributed by atoms with van der Waals surface area (Å²) in [6.07, 6.45) is 0. The molecule has 62 heavy (non-hydrogen) atoms. The van der Waals surface area contributed by atoms with Crippen molar-refractivity contribution >= 4 is 89.3 Å². The smallest absolute Gasteiger partial charge is 0.223 e. The summed E-state index contributed by atoms with van der Waals surface area (Å²) in [5.74, 6) is 3.12. The lowest BCUT2D eigenvalue weighted by atomic mass is 10.0. The molecule has 0 fully saturated rings. The fourth-order valence-corrected chi connectivity index (χ4v) is 9.53. The van der Waals surface area contributed by atoms with Crippen molar-refractivity contribution in [3.63, 3.8) is 0 Å². The molecule has 0 saturated heterocycles. The molecule has 0 unspecified atom stereocenters. The van der Waals surface area contributed by atoms with E-state index in [4.69, 9.17) is 19.9 Å². The molecule has 0 atom stereocenters. The molecule has 6 heterocycles. The van der Waals surface area contributed by atoms with Gasteiger partial charge in [-0.15, -0.1) is 0 Å². The van der Waals surface area contributed by atoms with Crippen LogP contribution in [-0.4, -0.2) is 46.7 Å². The molecule has 0 aliphatic rings. The lowest BCUT2D eigenvalue weighted by Crippen LogP contribution is -2.02. The van der Waals surface area contributed by atoms with Crippen molar-refractivity contribution < 1.29 is 0 Å². The minimum absolute atomic E-state index is 0.779. The molecule has 0 saturated carbocycles. The Hall–Kier alpha value is -8.76. The monoisotopic (exact) mass is 796 g/mol. The number of hydrogen-bond donors (Lipinski definition) is 0. The first-order chi connectivity index (χ1) is 30.8. The van der Waals surface area contributed by atoms with Gasteiger partial charge < -0.3 is 0 Å². The van der Waals surface area contributed by atoms with Gasteiger partial charge in [0, 0.05) is 0 Å². The Labute approximate surface area is 351 Å². The summed E-state index contributed by atoms with van der Waals surface area (Å²) in [5.41, 5.74) is 16.1. The molecule has 10 nitrogen and oxygen atoms in total. The molecule has 14 aromatic rings. The molecule has 0 spiro atoms. The third-order valence-electron chi connectivity index (χ3n) is 12.3. The fraction of sp³-hybridized carbons (Fsp3) is 0. The third kappa shape index (κ3) is 4.52. The standard InChI is InChI=1S/C52H32N10/c1-5-17-41-37(13-1)53-49-57(50-54-38-14-2-6-18-42(38)60(50)46-22-10-9-21-45(46)59(41)49)35-29-25-33(26-30-35)34-27-31-36(32-28-34)58-51-55-39-15-3-7-19-43(39)61(51)47-23-11-12-24-48(47)62-44-20-8-4-16-40(44)56-52(58)62/h1-32H. The van der Waals surface area contributed by atoms with Crippen LogP contribution in [0.2, 0.25) is 0 Å². The summed E-state index contributed by atoms with van der Waals surface area (Å²) in [4.78, 5) is 21.1. The van der Waals surface area contributed by atoms with Gasteiger partial charge in [-0.1, -0.05) is 97.1 Å². The van der Waals surface area contributed by atoms with Crippen molar-refractivity contribution in [1.82, 2.24) is 46.7 Å². The van der Waals surface area contributed by atoms with Crippen molar-refractivity contribution in [3.8, 4) is 22.5 Å². The maximum Gasteiger partial charge on any atom is 0.223 e. The van der Waals surface area contributed by atoms with Gasteiger partial charge in [-0.3, -0.25) is 17.6 Å². The second-order valence-electron chi connectivity index (χ2n) is 15.7. The van der Waals surface area contributed by atoms with Crippen LogP contribution in [0.25, 0.3) is 112 Å². The van der Waals surface area contributed by atoms with Gasteiger partial charge in [0.15, 0.2) is 0 Å². The van der Waals surface area contributed by atoms with E-state index in [0.717, 1.165) is 112 Å². The average molecular weight is 797 g/mol. The number of nitrogens with zero attached hydrogens (tertiary/aromatic N) is 10. The van der Waals surface area contributed by atoms with Crippen LogP contribution in [-0.2, 0) is 0 Å². The van der Waals surface area contributed by atoms with Gasteiger partial charge in [0.2, 0.25) is 23.1 Å². The van der Waals surface area contributed by atoms with Crippen molar-refractivity contribution in [1.29, 1.82) is 0 Å². The van der Waals surface area contributed by atoms with Crippen LogP contribution in [0, 0.1) is 0 Å². The van der Waals surface area contributed by atoms with Crippen molar-refractivity contribution in [3.05, 3.63) is 194 Å². The Morgan fingerprint density at radius 1 is 0.226 bits per heavy atom. The van der Waals surface area contributed by atoms with Crippen molar-refractivity contribution in [2.24, 2.45) is 0 Å². The van der Waals surface area contributed by atoms with Gasteiger partial charge in [-0.05, 0) is 108 Å². The van der Waals surface area contributed by atoms with Gasteiger partial charge in [0.05, 0.1) is 77.6 Å². The number of benzene rings is 8. The minimum atomic E-state index is 0.779. The molecule has 10 heteroatoms. The highest BCUT2D eigenvalue weighted by molar-refractivity contribution is 5.95. The lowest BCUT2D eigenvalue weighted by Gasteiger charge is -2.10. The van der Waals surface area contributed by atoms with Gasteiger partial charge in [0.25, 0.3) is 0 Å². The lowest BCUT2D eigenvalue weighted by molar-refractivity contribution is 1.03. The van der Waals surface area contributed by atoms with E-state index in [9.17, 15) is 0 Å². The van der Waals surface area contributed by atoms with Crippen molar-refractivity contribution in [2.45, 2.75) is 0 Å². The van der Waals surface area contributed by atoms with E-state index < -0.39 is 0 Å². The van der Waals surface area contributed by atoms with E-state index in [-0.39, 0.29) is 0 Å². The maximum atomic E-state index is 5.27. The van der Waals surface area contributed by atoms with E-state index in [1.165, 1.54) is 0 Å². The number of rotatable bonds is 3. The Balaban J connectivity index is 0.974. The zero-order valence-electron chi connectivity index (χ0n) is 32.9. The number of para-hydroxylation sites is 12. The first-order valence-corrected chi connectivity index (χ1v) is 20.7. The van der Waals surface area contributed by atoms with E-state index >= 15 is 0 Å². The predicted molar refractivity (Wildman–Crippen MR) is 248 cm³/mol. The van der Waals surface area contributed by atoms with Crippen LogP contribution < -0.4 is 0 Å². The van der Waals surface area contributed by atoms with E-state index in [1.54, 1.807) is 0 Å². The van der Waals surface area contributed by atoms with E-state index in [1.807, 2.05) is 24.3 Å². The van der Waals surface area contributed by atoms with Gasteiger partial charge in [-0.25, -0.2) is 29.1 Å². The summed E-state index contributed by atoms with van der Waals surface area (Å²) in [6, 6.07) is 67.7. The molecule has 0 amide bonds. The minimum Gasteiger partial charge on any atom is -0.276 e. The quantitative estimate of drug-likeness (QED) is 0.178. The molecular formula is C52H32N10. The molecule has 290 valence electrons. The van der Waals surface area contributed by atoms with Crippen LogP contribution in [0.15, 0.2) is 194 Å². The Morgan fingerprint density at radius 3 is 0.710 bits per heavy atom. The molecule has 0 N–H and O–H groups in total. The van der Waals surface area contributed by atoms with Crippen LogP contribution >= 0.6 is 0 Å². The first kappa shape index (κ1) is 33.1. The zero-order chi connectivity index (χ0) is 40.5. The van der Waals surface area contributed by atoms with Gasteiger partial charge >= 0.3 is 0 Å². The normalized spacial score (nSPS) is 12.2. The Bertz CT molecular complexity index is 3710. The molecule has 14 rings (SSSR count). The van der Waals surface area contributed by atoms with Gasteiger partial charge in [0.1, 0.15) is 0 Å². The molecule has 0 radical (unpaired) electrons. The first-order valence-electron chi connectivity index (χ1n) is 20.7. The second kappa shape index (κ2) is 12.4. The highest BCUT2D eigenvalue weighted by atomic mass is 15.3. The highest BCUT2D eigenvalue weighted by Crippen LogP contribution is 2.33. The largest absolute Gasteiger partial charge is 0.276 e. The molecule has 8 aromatic carbocycles. The third-order valence-corrected chi connectivity index (χ3v) is 12.3. The summed E-state index contributed by atoms with van der Waals surface area (Å²) >= 11 is 0. The summed E-state index contributed by atoms with van der Waals surface area (Å²) < 4.78 is 13.4. The van der Waals surface area contributed by atoms with Crippen LogP contribution in [0.3, 0.4) is 0 Å². The van der Waals surface area contributed by atoms with Gasteiger partial charge in [-0.2, -0.15) is 0 Å². The number of aromatic nitrogens is 10. The Morgan fingerprint density at radius 2 is 0.452 bits per heavy atom. The molecule has 0 aliphatic carbocycles.